The fraction of sp³-hybridized carbons (Fsp3) is 0.538. The zero-order chi connectivity index (χ0) is 12.7. The number of carbonyl (C=O) groups excluding carboxylic acids is 1. The highest BCUT2D eigenvalue weighted by Crippen LogP contribution is 2.04. The molecule has 0 aliphatic carbocycles. The highest BCUT2D eigenvalue weighted by Gasteiger charge is 2.02. The van der Waals surface area contributed by atoms with Crippen molar-refractivity contribution in [2.24, 2.45) is 5.92 Å². The van der Waals surface area contributed by atoms with Crippen LogP contribution in [0.2, 0.25) is 0 Å². The maximum Gasteiger partial charge on any atom is 0.221 e. The van der Waals surface area contributed by atoms with Crippen molar-refractivity contribution in [3.63, 3.8) is 0 Å². The Hall–Kier alpha value is -1.58. The molecule has 0 saturated carbocycles. The summed E-state index contributed by atoms with van der Waals surface area (Å²) >= 11 is 0. The number of rotatable bonds is 6. The Morgan fingerprint density at radius 1 is 1.47 bits per heavy atom. The van der Waals surface area contributed by atoms with E-state index in [1.807, 2.05) is 19.1 Å². The number of pyridine rings is 1. The molecule has 1 heterocycles. The molecule has 1 rings (SSSR count). The molecule has 1 amide bonds. The molecule has 0 aliphatic rings. The van der Waals surface area contributed by atoms with Crippen LogP contribution in [0.4, 0.5) is 5.82 Å². The van der Waals surface area contributed by atoms with Crippen LogP contribution < -0.4 is 10.6 Å². The van der Waals surface area contributed by atoms with E-state index >= 15 is 0 Å². The number of aryl methyl sites for hydroxylation is 1. The second-order valence-electron chi connectivity index (χ2n) is 4.59. The summed E-state index contributed by atoms with van der Waals surface area (Å²) in [6.07, 6.45) is 2.23. The molecule has 0 fully saturated rings. The smallest absolute Gasteiger partial charge is 0.221 e. The SMILES string of the molecule is Cc1ccnc(NCCC(=O)NCC(C)C)c1. The zero-order valence-electron chi connectivity index (χ0n) is 10.8. The summed E-state index contributed by atoms with van der Waals surface area (Å²) in [5.41, 5.74) is 1.16. The molecule has 17 heavy (non-hydrogen) atoms. The fourth-order valence-electron chi connectivity index (χ4n) is 1.34. The lowest BCUT2D eigenvalue weighted by Crippen LogP contribution is -2.28. The second kappa shape index (κ2) is 6.89. The van der Waals surface area contributed by atoms with Crippen molar-refractivity contribution < 1.29 is 4.79 Å². The Bertz CT molecular complexity index is 363. The molecule has 0 aromatic carbocycles. The van der Waals surface area contributed by atoms with Crippen LogP contribution in [-0.4, -0.2) is 24.0 Å². The number of aromatic nitrogens is 1. The lowest BCUT2D eigenvalue weighted by Gasteiger charge is -2.08. The van der Waals surface area contributed by atoms with Crippen molar-refractivity contribution in [1.29, 1.82) is 0 Å². The summed E-state index contributed by atoms with van der Waals surface area (Å²) in [4.78, 5) is 15.6. The Morgan fingerprint density at radius 3 is 2.88 bits per heavy atom. The molecule has 0 radical (unpaired) electrons. The van der Waals surface area contributed by atoms with Gasteiger partial charge in [0.25, 0.3) is 0 Å². The van der Waals surface area contributed by atoms with Crippen molar-refractivity contribution in [2.75, 3.05) is 18.4 Å². The van der Waals surface area contributed by atoms with Crippen LogP contribution >= 0.6 is 0 Å². The number of anilines is 1. The third-order valence-electron chi connectivity index (χ3n) is 2.28. The van der Waals surface area contributed by atoms with E-state index in [9.17, 15) is 4.79 Å². The predicted molar refractivity (Wildman–Crippen MR) is 69.9 cm³/mol. The largest absolute Gasteiger partial charge is 0.370 e. The molecule has 0 spiro atoms. The fourth-order valence-corrected chi connectivity index (χ4v) is 1.34. The monoisotopic (exact) mass is 235 g/mol. The van der Waals surface area contributed by atoms with Gasteiger partial charge in [0, 0.05) is 25.7 Å². The molecule has 0 aliphatic heterocycles. The average Bonchev–Trinajstić information content (AvgIpc) is 2.26. The molecule has 4 nitrogen and oxygen atoms in total. The van der Waals surface area contributed by atoms with Gasteiger partial charge in [0.05, 0.1) is 0 Å². The van der Waals surface area contributed by atoms with Gasteiger partial charge >= 0.3 is 0 Å². The summed E-state index contributed by atoms with van der Waals surface area (Å²) in [6.45, 7) is 7.52. The maximum atomic E-state index is 11.4. The first-order valence-electron chi connectivity index (χ1n) is 6.01. The highest BCUT2D eigenvalue weighted by molar-refractivity contribution is 5.76. The topological polar surface area (TPSA) is 54.0 Å². The summed E-state index contributed by atoms with van der Waals surface area (Å²) in [5, 5.41) is 6.01. The van der Waals surface area contributed by atoms with Crippen molar-refractivity contribution in [3.8, 4) is 0 Å². The highest BCUT2D eigenvalue weighted by atomic mass is 16.1. The molecular formula is C13H21N3O. The summed E-state index contributed by atoms with van der Waals surface area (Å²) < 4.78 is 0. The van der Waals surface area contributed by atoms with Crippen LogP contribution in [0.5, 0.6) is 0 Å². The zero-order valence-corrected chi connectivity index (χ0v) is 10.8. The average molecular weight is 235 g/mol. The first kappa shape index (κ1) is 13.5. The number of nitrogens with one attached hydrogen (secondary N) is 2. The van der Waals surface area contributed by atoms with Gasteiger partial charge in [-0.3, -0.25) is 4.79 Å². The van der Waals surface area contributed by atoms with Crippen LogP contribution in [0.1, 0.15) is 25.8 Å². The second-order valence-corrected chi connectivity index (χ2v) is 4.59. The number of carbonyl (C=O) groups is 1. The van der Waals surface area contributed by atoms with E-state index in [4.69, 9.17) is 0 Å². The number of nitrogens with zero attached hydrogens (tertiary/aromatic N) is 1. The van der Waals surface area contributed by atoms with Crippen molar-refractivity contribution in [2.45, 2.75) is 27.2 Å². The molecule has 4 heteroatoms. The number of amides is 1. The van der Waals surface area contributed by atoms with E-state index in [2.05, 4.69) is 29.5 Å². The van der Waals surface area contributed by atoms with E-state index in [0.717, 1.165) is 17.9 Å². The minimum absolute atomic E-state index is 0.0823. The minimum Gasteiger partial charge on any atom is -0.370 e. The number of hydrogen-bond acceptors (Lipinski definition) is 3. The van der Waals surface area contributed by atoms with E-state index < -0.39 is 0 Å². The maximum absolute atomic E-state index is 11.4. The summed E-state index contributed by atoms with van der Waals surface area (Å²) in [5.74, 6) is 1.39. The standard InChI is InChI=1S/C13H21N3O/c1-10(2)9-16-13(17)5-7-15-12-8-11(3)4-6-14-12/h4,6,8,10H,5,7,9H2,1-3H3,(H,14,15)(H,16,17). The van der Waals surface area contributed by atoms with Crippen molar-refractivity contribution in [1.82, 2.24) is 10.3 Å². The lowest BCUT2D eigenvalue weighted by molar-refractivity contribution is -0.120. The molecule has 0 unspecified atom stereocenters. The van der Waals surface area contributed by atoms with Gasteiger partial charge in [0.15, 0.2) is 0 Å². The lowest BCUT2D eigenvalue weighted by atomic mass is 10.2. The molecule has 1 aromatic heterocycles. The van der Waals surface area contributed by atoms with Crippen LogP contribution in [0.15, 0.2) is 18.3 Å². The van der Waals surface area contributed by atoms with E-state index in [1.165, 1.54) is 0 Å². The van der Waals surface area contributed by atoms with Crippen LogP contribution in [0.3, 0.4) is 0 Å². The summed E-state index contributed by atoms with van der Waals surface area (Å²) in [7, 11) is 0. The molecule has 2 N–H and O–H groups in total. The van der Waals surface area contributed by atoms with Gasteiger partial charge in [-0.2, -0.15) is 0 Å². The van der Waals surface area contributed by atoms with Crippen molar-refractivity contribution in [3.05, 3.63) is 23.9 Å². The van der Waals surface area contributed by atoms with Gasteiger partial charge in [0.1, 0.15) is 5.82 Å². The van der Waals surface area contributed by atoms with Crippen LogP contribution in [0, 0.1) is 12.8 Å². The molecule has 0 bridgehead atoms. The van der Waals surface area contributed by atoms with Gasteiger partial charge in [-0.15, -0.1) is 0 Å². The third-order valence-corrected chi connectivity index (χ3v) is 2.28. The molecule has 94 valence electrons. The van der Waals surface area contributed by atoms with Gasteiger partial charge in [-0.25, -0.2) is 4.98 Å². The Balaban J connectivity index is 2.21. The number of hydrogen-bond donors (Lipinski definition) is 2. The van der Waals surface area contributed by atoms with Gasteiger partial charge in [0.2, 0.25) is 5.91 Å². The quantitative estimate of drug-likeness (QED) is 0.792. The van der Waals surface area contributed by atoms with Gasteiger partial charge < -0.3 is 10.6 Å². The summed E-state index contributed by atoms with van der Waals surface area (Å²) in [6, 6.07) is 3.91. The Labute approximate surface area is 103 Å². The predicted octanol–water partition coefficient (Wildman–Crippen LogP) is 1.96. The van der Waals surface area contributed by atoms with Gasteiger partial charge in [-0.05, 0) is 30.5 Å². The Morgan fingerprint density at radius 2 is 2.24 bits per heavy atom. The molecular weight excluding hydrogens is 214 g/mol. The van der Waals surface area contributed by atoms with Crippen LogP contribution in [0.25, 0.3) is 0 Å². The first-order chi connectivity index (χ1) is 8.08. The molecule has 0 saturated heterocycles. The van der Waals surface area contributed by atoms with E-state index in [0.29, 0.717) is 18.9 Å². The van der Waals surface area contributed by atoms with Crippen LogP contribution in [-0.2, 0) is 4.79 Å². The normalized spacial score (nSPS) is 10.4. The van der Waals surface area contributed by atoms with Gasteiger partial charge in [-0.1, -0.05) is 13.8 Å². The van der Waals surface area contributed by atoms with E-state index in [1.54, 1.807) is 6.20 Å². The van der Waals surface area contributed by atoms with Crippen molar-refractivity contribution >= 4 is 11.7 Å². The molecule has 1 aromatic rings. The first-order valence-corrected chi connectivity index (χ1v) is 6.01. The third kappa shape index (κ3) is 5.90. The Kier molecular flexibility index (Phi) is 5.46. The van der Waals surface area contributed by atoms with E-state index in [-0.39, 0.29) is 5.91 Å². The minimum atomic E-state index is 0.0823. The molecule has 0 atom stereocenters.